The van der Waals surface area contributed by atoms with Crippen molar-refractivity contribution in [2.75, 3.05) is 32.9 Å². The van der Waals surface area contributed by atoms with E-state index in [9.17, 15) is 14.7 Å². The minimum atomic E-state index is -1.21. The third-order valence-corrected chi connectivity index (χ3v) is 6.04. The highest BCUT2D eigenvalue weighted by molar-refractivity contribution is 6.76. The number of hydrogen-bond donors (Lipinski definition) is 1. The molecule has 1 amide bonds. The van der Waals surface area contributed by atoms with Crippen molar-refractivity contribution in [1.82, 2.24) is 4.90 Å². The number of hydrogen-bond acceptors (Lipinski definition) is 6. The summed E-state index contributed by atoms with van der Waals surface area (Å²) in [6.07, 6.45) is -1.40. The minimum Gasteiger partial charge on any atom is -0.466 e. The number of amides is 1. The van der Waals surface area contributed by atoms with Gasteiger partial charge in [0.15, 0.2) is 0 Å². The Kier molecular flexibility index (Phi) is 8.76. The largest absolute Gasteiger partial charge is 0.466 e. The first-order valence-electron chi connectivity index (χ1n) is 9.74. The molecule has 0 bridgehead atoms. The molecular weight excluding hydrogens is 366 g/mol. The van der Waals surface area contributed by atoms with E-state index < -0.39 is 37.8 Å². The van der Waals surface area contributed by atoms with E-state index in [1.807, 2.05) is 0 Å². The Labute approximate surface area is 164 Å². The van der Waals surface area contributed by atoms with Crippen LogP contribution in [0.3, 0.4) is 0 Å². The Hall–Kier alpha value is -1.12. The van der Waals surface area contributed by atoms with Gasteiger partial charge in [0.2, 0.25) is 0 Å². The molecule has 0 aromatic heterocycles. The van der Waals surface area contributed by atoms with Crippen molar-refractivity contribution in [3.05, 3.63) is 0 Å². The minimum absolute atomic E-state index is 0.0836. The zero-order valence-corrected chi connectivity index (χ0v) is 18.9. The summed E-state index contributed by atoms with van der Waals surface area (Å²) < 4.78 is 16.3. The summed E-state index contributed by atoms with van der Waals surface area (Å²) in [5.41, 5.74) is -0.629. The van der Waals surface area contributed by atoms with E-state index in [-0.39, 0.29) is 19.1 Å². The maximum absolute atomic E-state index is 12.5. The van der Waals surface area contributed by atoms with Gasteiger partial charge in [0.05, 0.1) is 19.3 Å². The predicted molar refractivity (Wildman–Crippen MR) is 106 cm³/mol. The van der Waals surface area contributed by atoms with Crippen LogP contribution in [0.15, 0.2) is 0 Å². The lowest BCUT2D eigenvalue weighted by atomic mass is 9.86. The van der Waals surface area contributed by atoms with Crippen LogP contribution in [0, 0.1) is 11.8 Å². The van der Waals surface area contributed by atoms with E-state index in [0.717, 1.165) is 6.04 Å². The molecule has 0 aromatic rings. The SMILES string of the molecule is CCOC(=O)[C@@H]1CN(C(=O)OC(C)(C)C)C[C@H](COCC[Si](C)(C)C)[C@H]1O. The van der Waals surface area contributed by atoms with E-state index in [4.69, 9.17) is 14.2 Å². The smallest absolute Gasteiger partial charge is 0.410 e. The lowest BCUT2D eigenvalue weighted by molar-refractivity contribution is -0.159. The number of rotatable bonds is 7. The molecular formula is C19H37NO6Si. The van der Waals surface area contributed by atoms with Gasteiger partial charge in [0.1, 0.15) is 11.5 Å². The zero-order valence-electron chi connectivity index (χ0n) is 17.9. The van der Waals surface area contributed by atoms with Crippen LogP contribution in [0.5, 0.6) is 0 Å². The molecule has 0 spiro atoms. The molecule has 0 radical (unpaired) electrons. The number of esters is 1. The average molecular weight is 404 g/mol. The van der Waals surface area contributed by atoms with Crippen LogP contribution < -0.4 is 0 Å². The normalized spacial score (nSPS) is 23.9. The second-order valence-electron chi connectivity index (χ2n) is 9.38. The van der Waals surface area contributed by atoms with Crippen molar-refractivity contribution in [3.63, 3.8) is 0 Å². The number of piperidine rings is 1. The number of aliphatic hydroxyl groups is 1. The molecule has 7 nitrogen and oxygen atoms in total. The van der Waals surface area contributed by atoms with E-state index in [1.165, 1.54) is 4.90 Å². The van der Waals surface area contributed by atoms with E-state index in [2.05, 4.69) is 19.6 Å². The van der Waals surface area contributed by atoms with Crippen molar-refractivity contribution in [2.45, 2.75) is 65.1 Å². The fourth-order valence-electron chi connectivity index (χ4n) is 2.84. The van der Waals surface area contributed by atoms with Crippen LogP contribution in [0.4, 0.5) is 4.79 Å². The number of aliphatic hydroxyl groups excluding tert-OH is 1. The summed E-state index contributed by atoms with van der Waals surface area (Å²) in [6, 6.07) is 1.02. The summed E-state index contributed by atoms with van der Waals surface area (Å²) in [4.78, 5) is 26.2. The number of nitrogens with zero attached hydrogens (tertiary/aromatic N) is 1. The third kappa shape index (κ3) is 8.61. The molecule has 1 aliphatic heterocycles. The lowest BCUT2D eigenvalue weighted by Crippen LogP contribution is -2.56. The van der Waals surface area contributed by atoms with Crippen LogP contribution in [0.2, 0.25) is 25.7 Å². The predicted octanol–water partition coefficient (Wildman–Crippen LogP) is 2.75. The quantitative estimate of drug-likeness (QED) is 0.400. The van der Waals surface area contributed by atoms with Crippen molar-refractivity contribution in [2.24, 2.45) is 11.8 Å². The first-order chi connectivity index (χ1) is 12.3. The standard InChI is InChI=1S/C19H37NO6Si/c1-8-25-17(22)15-12-20(18(23)26-19(2,3)4)11-14(16(15)21)13-24-9-10-27(5,6)7/h14-16,21H,8-13H2,1-7H3/t14-,15-,16-/m1/s1. The van der Waals surface area contributed by atoms with Gasteiger partial charge < -0.3 is 24.2 Å². The van der Waals surface area contributed by atoms with Gasteiger partial charge in [-0.2, -0.15) is 0 Å². The van der Waals surface area contributed by atoms with Crippen LogP contribution in [-0.4, -0.2) is 74.8 Å². The Bertz CT molecular complexity index is 499. The second-order valence-corrected chi connectivity index (χ2v) is 15.0. The van der Waals surface area contributed by atoms with E-state index >= 15 is 0 Å². The fraction of sp³-hybridized carbons (Fsp3) is 0.895. The van der Waals surface area contributed by atoms with Crippen LogP contribution in [0.1, 0.15) is 27.7 Å². The Morgan fingerprint density at radius 3 is 2.33 bits per heavy atom. The van der Waals surface area contributed by atoms with Gasteiger partial charge in [-0.3, -0.25) is 4.79 Å². The molecule has 0 saturated carbocycles. The summed E-state index contributed by atoms with van der Waals surface area (Å²) in [6.45, 7) is 15.4. The monoisotopic (exact) mass is 403 g/mol. The van der Waals surface area contributed by atoms with Crippen LogP contribution in [-0.2, 0) is 19.0 Å². The number of carbonyl (C=O) groups excluding carboxylic acids is 2. The molecule has 0 aromatic carbocycles. The maximum Gasteiger partial charge on any atom is 0.410 e. The van der Waals surface area contributed by atoms with Gasteiger partial charge in [-0.15, -0.1) is 0 Å². The number of ether oxygens (including phenoxy) is 3. The van der Waals surface area contributed by atoms with Gasteiger partial charge >= 0.3 is 12.1 Å². The molecule has 1 N–H and O–H groups in total. The second kappa shape index (κ2) is 9.89. The highest BCUT2D eigenvalue weighted by atomic mass is 28.3. The highest BCUT2D eigenvalue weighted by Gasteiger charge is 2.43. The van der Waals surface area contributed by atoms with Gasteiger partial charge in [-0.25, -0.2) is 4.79 Å². The summed E-state index contributed by atoms with van der Waals surface area (Å²) in [5.74, 6) is -1.65. The van der Waals surface area contributed by atoms with Crippen LogP contribution >= 0.6 is 0 Å². The van der Waals surface area contributed by atoms with Gasteiger partial charge in [-0.05, 0) is 33.7 Å². The molecule has 1 rings (SSSR count). The maximum atomic E-state index is 12.5. The Balaban J connectivity index is 2.80. The Morgan fingerprint density at radius 2 is 1.81 bits per heavy atom. The Morgan fingerprint density at radius 1 is 1.19 bits per heavy atom. The molecule has 1 fully saturated rings. The molecule has 1 saturated heterocycles. The molecule has 0 unspecified atom stereocenters. The van der Waals surface area contributed by atoms with Crippen LogP contribution in [0.25, 0.3) is 0 Å². The average Bonchev–Trinajstić information content (AvgIpc) is 2.50. The van der Waals surface area contributed by atoms with Crippen molar-refractivity contribution in [3.8, 4) is 0 Å². The molecule has 3 atom stereocenters. The van der Waals surface area contributed by atoms with Gasteiger partial charge in [0.25, 0.3) is 0 Å². The first-order valence-corrected chi connectivity index (χ1v) is 13.4. The molecule has 158 valence electrons. The summed E-state index contributed by atoms with van der Waals surface area (Å²) in [7, 11) is -1.21. The first kappa shape index (κ1) is 23.9. The molecule has 0 aliphatic carbocycles. The van der Waals surface area contributed by atoms with Crippen molar-refractivity contribution < 1.29 is 28.9 Å². The lowest BCUT2D eigenvalue weighted by Gasteiger charge is -2.40. The molecule has 1 heterocycles. The molecule has 8 heteroatoms. The third-order valence-electron chi connectivity index (χ3n) is 4.34. The number of carbonyl (C=O) groups is 2. The molecule has 27 heavy (non-hydrogen) atoms. The topological polar surface area (TPSA) is 85.3 Å². The van der Waals surface area contributed by atoms with Crippen molar-refractivity contribution >= 4 is 20.1 Å². The summed E-state index contributed by atoms with van der Waals surface area (Å²) in [5, 5.41) is 10.7. The van der Waals surface area contributed by atoms with Gasteiger partial charge in [-0.1, -0.05) is 19.6 Å². The van der Waals surface area contributed by atoms with E-state index in [1.54, 1.807) is 27.7 Å². The molecule has 1 aliphatic rings. The van der Waals surface area contributed by atoms with Gasteiger partial charge in [0, 0.05) is 33.7 Å². The highest BCUT2D eigenvalue weighted by Crippen LogP contribution is 2.26. The zero-order chi connectivity index (χ0) is 20.8. The fourth-order valence-corrected chi connectivity index (χ4v) is 3.60. The van der Waals surface area contributed by atoms with Crippen molar-refractivity contribution in [1.29, 1.82) is 0 Å². The summed E-state index contributed by atoms with van der Waals surface area (Å²) >= 11 is 0. The van der Waals surface area contributed by atoms with E-state index in [0.29, 0.717) is 19.8 Å². The number of likely N-dealkylation sites (tertiary alicyclic amines) is 1.